The molecule has 0 aromatic rings. The molecule has 0 saturated carbocycles. The highest BCUT2D eigenvalue weighted by atomic mass is 28.3. The van der Waals surface area contributed by atoms with E-state index < -0.39 is 9.28 Å². The first-order chi connectivity index (χ1) is 9.43. The smallest absolute Gasteiger partial charge is 0.261 e. The van der Waals surface area contributed by atoms with Gasteiger partial charge in [0.25, 0.3) is 0 Å². The topological polar surface area (TPSA) is 25.1 Å². The van der Waals surface area contributed by atoms with Gasteiger partial charge in [0.2, 0.25) is 0 Å². The van der Waals surface area contributed by atoms with Crippen molar-refractivity contribution in [1.82, 2.24) is 0 Å². The van der Waals surface area contributed by atoms with Crippen LogP contribution in [0.3, 0.4) is 0 Å². The molecule has 0 radical (unpaired) electrons. The van der Waals surface area contributed by atoms with E-state index in [2.05, 4.69) is 6.92 Å². The minimum Gasteiger partial charge on any atom is -0.261 e. The van der Waals surface area contributed by atoms with Gasteiger partial charge in [0.05, 0.1) is 0 Å². The summed E-state index contributed by atoms with van der Waals surface area (Å²) < 4.78 is 9.72. The summed E-state index contributed by atoms with van der Waals surface area (Å²) in [5.41, 5.74) is 0. The van der Waals surface area contributed by atoms with Crippen LogP contribution in [0.4, 0.5) is 0 Å². The van der Waals surface area contributed by atoms with E-state index in [-0.39, 0.29) is 0 Å². The van der Waals surface area contributed by atoms with Crippen molar-refractivity contribution < 1.29 is 9.15 Å². The highest BCUT2D eigenvalue weighted by Gasteiger charge is 2.28. The second-order valence-corrected chi connectivity index (χ2v) is 7.83. The monoisotopic (exact) mass is 286 g/mol. The van der Waals surface area contributed by atoms with Crippen LogP contribution in [0.2, 0.25) is 6.04 Å². The van der Waals surface area contributed by atoms with Gasteiger partial charge in [0, 0.05) is 0 Å². The molecule has 1 aliphatic rings. The van der Waals surface area contributed by atoms with Crippen LogP contribution < -0.4 is 0 Å². The Morgan fingerprint density at radius 2 is 0.895 bits per heavy atom. The Balaban J connectivity index is 1.60. The van der Waals surface area contributed by atoms with E-state index in [0.29, 0.717) is 0 Å². The van der Waals surface area contributed by atoms with Gasteiger partial charge in [-0.15, -0.1) is 0 Å². The van der Waals surface area contributed by atoms with Gasteiger partial charge < -0.3 is 0 Å². The Bertz CT molecular complexity index is 184. The van der Waals surface area contributed by atoms with Crippen molar-refractivity contribution in [2.75, 3.05) is 0 Å². The van der Waals surface area contributed by atoms with E-state index in [1.54, 1.807) is 0 Å². The molecule has 2 nitrogen and oxygen atoms in total. The Morgan fingerprint density at radius 1 is 0.526 bits per heavy atom. The zero-order valence-electron chi connectivity index (χ0n) is 13.0. The van der Waals surface area contributed by atoms with Crippen LogP contribution in [0.5, 0.6) is 0 Å². The summed E-state index contributed by atoms with van der Waals surface area (Å²) >= 11 is 0. The minimum atomic E-state index is -1.01. The first-order valence-corrected chi connectivity index (χ1v) is 10.5. The molecule has 0 aliphatic carbocycles. The molecule has 3 heteroatoms. The van der Waals surface area contributed by atoms with E-state index >= 15 is 0 Å². The average molecular weight is 287 g/mol. The third-order valence-corrected chi connectivity index (χ3v) is 5.37. The van der Waals surface area contributed by atoms with E-state index in [4.69, 9.17) is 9.15 Å². The second-order valence-electron chi connectivity index (χ2n) is 6.01. The van der Waals surface area contributed by atoms with Gasteiger partial charge in [0.1, 0.15) is 0 Å². The zero-order chi connectivity index (χ0) is 13.6. The first-order valence-electron chi connectivity index (χ1n) is 8.75. The van der Waals surface area contributed by atoms with Crippen LogP contribution in [-0.2, 0) is 9.15 Å². The maximum absolute atomic E-state index is 4.86. The molecule has 0 bridgehead atoms. The fraction of sp³-hybridized carbons (Fsp3) is 1.00. The van der Waals surface area contributed by atoms with Crippen molar-refractivity contribution in [1.29, 1.82) is 0 Å². The molecule has 0 amide bonds. The predicted molar refractivity (Wildman–Crippen MR) is 84.4 cm³/mol. The van der Waals surface area contributed by atoms with Crippen molar-refractivity contribution in [2.24, 2.45) is 0 Å². The number of rotatable bonds is 15. The Kier molecular flexibility index (Phi) is 11.9. The molecule has 114 valence electrons. The van der Waals surface area contributed by atoms with Gasteiger partial charge in [-0.05, 0) is 6.04 Å². The van der Waals surface area contributed by atoms with Crippen LogP contribution in [0.25, 0.3) is 0 Å². The van der Waals surface area contributed by atoms with Crippen LogP contribution in [-0.4, -0.2) is 9.28 Å². The Morgan fingerprint density at radius 3 is 1.26 bits per heavy atom. The molecule has 1 aliphatic heterocycles. The summed E-state index contributed by atoms with van der Waals surface area (Å²) in [6.45, 7) is 2.29. The van der Waals surface area contributed by atoms with Gasteiger partial charge in [-0.2, -0.15) is 0 Å². The van der Waals surface area contributed by atoms with E-state index in [1.807, 2.05) is 0 Å². The minimum absolute atomic E-state index is 1.01. The number of hydrogen-bond donors (Lipinski definition) is 0. The SMILES string of the molecule is CCCCCCCCCCCCCCCC[SiH]1OO1. The Hall–Kier alpha value is 0.137. The van der Waals surface area contributed by atoms with Crippen molar-refractivity contribution in [3.05, 3.63) is 0 Å². The third kappa shape index (κ3) is 12.9. The average Bonchev–Trinajstić information content (AvgIpc) is 3.23. The first kappa shape index (κ1) is 17.2. The molecule has 1 rings (SSSR count). The number of hydrogen-bond acceptors (Lipinski definition) is 2. The summed E-state index contributed by atoms with van der Waals surface area (Å²) in [5.74, 6) is 0. The molecule has 19 heavy (non-hydrogen) atoms. The lowest BCUT2D eigenvalue weighted by molar-refractivity contribution is 0.0850. The quantitative estimate of drug-likeness (QED) is 0.168. The summed E-state index contributed by atoms with van der Waals surface area (Å²) in [6.07, 6.45) is 20.0. The van der Waals surface area contributed by atoms with Crippen LogP contribution in [0.1, 0.15) is 96.8 Å². The summed E-state index contributed by atoms with van der Waals surface area (Å²) in [7, 11) is -1.01. The van der Waals surface area contributed by atoms with E-state index in [9.17, 15) is 0 Å². The molecule has 1 heterocycles. The van der Waals surface area contributed by atoms with Crippen molar-refractivity contribution >= 4 is 9.28 Å². The molecule has 0 atom stereocenters. The Labute approximate surface area is 122 Å². The van der Waals surface area contributed by atoms with Gasteiger partial charge in [-0.25, -0.2) is 0 Å². The maximum Gasteiger partial charge on any atom is 0.393 e. The van der Waals surface area contributed by atoms with Crippen LogP contribution in [0.15, 0.2) is 0 Å². The highest BCUT2D eigenvalue weighted by Crippen LogP contribution is 2.17. The van der Waals surface area contributed by atoms with E-state index in [0.717, 1.165) is 0 Å². The molecular weight excluding hydrogens is 252 g/mol. The largest absolute Gasteiger partial charge is 0.393 e. The van der Waals surface area contributed by atoms with Gasteiger partial charge in [0.15, 0.2) is 0 Å². The van der Waals surface area contributed by atoms with Crippen molar-refractivity contribution in [3.8, 4) is 0 Å². The third-order valence-electron chi connectivity index (χ3n) is 4.03. The molecule has 1 fully saturated rings. The zero-order valence-corrected chi connectivity index (χ0v) is 14.2. The molecular formula is C16H34O2Si. The fourth-order valence-electron chi connectivity index (χ4n) is 2.64. The molecule has 0 aromatic carbocycles. The van der Waals surface area contributed by atoms with Gasteiger partial charge in [-0.1, -0.05) is 96.8 Å². The van der Waals surface area contributed by atoms with E-state index in [1.165, 1.54) is 95.9 Å². The summed E-state index contributed by atoms with van der Waals surface area (Å²) in [4.78, 5) is 0. The maximum atomic E-state index is 4.86. The molecule has 0 spiro atoms. The molecule has 0 aromatic heterocycles. The molecule has 0 N–H and O–H groups in total. The van der Waals surface area contributed by atoms with Gasteiger partial charge in [-0.3, -0.25) is 9.15 Å². The number of unbranched alkanes of at least 4 members (excludes halogenated alkanes) is 13. The fourth-order valence-corrected chi connectivity index (χ4v) is 3.77. The van der Waals surface area contributed by atoms with Crippen LogP contribution >= 0.6 is 0 Å². The lowest BCUT2D eigenvalue weighted by Crippen LogP contribution is -1.88. The van der Waals surface area contributed by atoms with Crippen LogP contribution in [0, 0.1) is 0 Å². The molecule has 1 saturated heterocycles. The molecule has 0 unspecified atom stereocenters. The summed E-state index contributed by atoms with van der Waals surface area (Å²) in [6, 6.07) is 1.23. The van der Waals surface area contributed by atoms with Crippen molar-refractivity contribution in [2.45, 2.75) is 103 Å². The standard InChI is InChI=1S/C16H34O2Si/c1-2-3-4-5-6-7-8-9-10-11-12-13-14-15-16-19-17-18-19/h19H,2-16H2,1H3. The lowest BCUT2D eigenvalue weighted by Gasteiger charge is -2.02. The predicted octanol–water partition coefficient (Wildman–Crippen LogP) is 5.65. The normalized spacial score (nSPS) is 15.0. The summed E-state index contributed by atoms with van der Waals surface area (Å²) in [5, 5.41) is 0. The van der Waals surface area contributed by atoms with Crippen molar-refractivity contribution in [3.63, 3.8) is 0 Å². The second kappa shape index (κ2) is 13.1. The highest BCUT2D eigenvalue weighted by molar-refractivity contribution is 6.49. The van der Waals surface area contributed by atoms with Gasteiger partial charge >= 0.3 is 9.28 Å². The lowest BCUT2D eigenvalue weighted by atomic mass is 10.0.